The first kappa shape index (κ1) is 15.6. The van der Waals surface area contributed by atoms with Crippen LogP contribution in [0, 0.1) is 11.3 Å². The van der Waals surface area contributed by atoms with Crippen molar-refractivity contribution in [2.45, 2.75) is 39.5 Å². The third kappa shape index (κ3) is 4.59. The van der Waals surface area contributed by atoms with Crippen LogP contribution in [0.5, 0.6) is 5.75 Å². The van der Waals surface area contributed by atoms with E-state index in [4.69, 9.17) is 10.00 Å². The molecule has 1 unspecified atom stereocenters. The molecule has 1 heterocycles. The van der Waals surface area contributed by atoms with Gasteiger partial charge in [0.25, 0.3) is 0 Å². The van der Waals surface area contributed by atoms with Crippen molar-refractivity contribution in [2.75, 3.05) is 0 Å². The van der Waals surface area contributed by atoms with E-state index in [0.717, 1.165) is 17.9 Å². The molecule has 0 aliphatic rings. The first-order valence-electron chi connectivity index (χ1n) is 7.06. The predicted molar refractivity (Wildman–Crippen MR) is 86.5 cm³/mol. The second-order valence-corrected chi connectivity index (χ2v) is 6.25. The lowest BCUT2D eigenvalue weighted by Crippen LogP contribution is -2.17. The Hall–Kier alpha value is -1.83. The quantitative estimate of drug-likeness (QED) is 0.867. The molecule has 0 amide bonds. The monoisotopic (exact) mass is 300 g/mol. The molecule has 1 aromatic carbocycles. The lowest BCUT2D eigenvalue weighted by molar-refractivity contribution is 0.242. The third-order valence-corrected chi connectivity index (χ3v) is 4.05. The smallest absolute Gasteiger partial charge is 0.119 e. The van der Waals surface area contributed by atoms with Crippen LogP contribution in [0.3, 0.4) is 0 Å². The summed E-state index contributed by atoms with van der Waals surface area (Å²) in [6.45, 7) is 6.96. The van der Waals surface area contributed by atoms with Gasteiger partial charge in [0, 0.05) is 22.8 Å². The maximum atomic E-state index is 8.82. The number of hydrogen-bond acceptors (Lipinski definition) is 4. The Morgan fingerprint density at radius 1 is 1.24 bits per heavy atom. The largest absolute Gasteiger partial charge is 0.491 e. The zero-order valence-corrected chi connectivity index (χ0v) is 13.4. The summed E-state index contributed by atoms with van der Waals surface area (Å²) < 4.78 is 5.64. The third-order valence-electron chi connectivity index (χ3n) is 3.12. The van der Waals surface area contributed by atoms with Crippen LogP contribution in [-0.2, 0) is 6.54 Å². The maximum Gasteiger partial charge on any atom is 0.119 e. The van der Waals surface area contributed by atoms with Crippen LogP contribution in [0.15, 0.2) is 35.7 Å². The summed E-state index contributed by atoms with van der Waals surface area (Å²) in [6, 6.07) is 12.5. The Kier molecular flexibility index (Phi) is 5.38. The molecule has 0 fully saturated rings. The van der Waals surface area contributed by atoms with E-state index in [1.54, 1.807) is 11.3 Å². The van der Waals surface area contributed by atoms with Crippen LogP contribution in [0.4, 0.5) is 0 Å². The number of ether oxygens (including phenoxy) is 1. The molecule has 0 saturated heterocycles. The first-order chi connectivity index (χ1) is 10.1. The topological polar surface area (TPSA) is 45.0 Å². The highest BCUT2D eigenvalue weighted by molar-refractivity contribution is 7.10. The van der Waals surface area contributed by atoms with Crippen molar-refractivity contribution in [1.82, 2.24) is 5.32 Å². The SMILES string of the molecule is CC(C)Oc1ccc(C(C)NCc2cc(C#N)cs2)cc1. The molecule has 2 rings (SSSR count). The van der Waals surface area contributed by atoms with E-state index in [9.17, 15) is 0 Å². The Morgan fingerprint density at radius 2 is 1.95 bits per heavy atom. The van der Waals surface area contributed by atoms with Crippen molar-refractivity contribution in [3.63, 3.8) is 0 Å². The molecular weight excluding hydrogens is 280 g/mol. The van der Waals surface area contributed by atoms with Gasteiger partial charge in [0.1, 0.15) is 11.8 Å². The van der Waals surface area contributed by atoms with E-state index in [1.165, 1.54) is 10.4 Å². The Bertz CT molecular complexity index is 610. The molecule has 21 heavy (non-hydrogen) atoms. The van der Waals surface area contributed by atoms with Gasteiger partial charge in [-0.15, -0.1) is 11.3 Å². The molecule has 0 radical (unpaired) electrons. The lowest BCUT2D eigenvalue weighted by atomic mass is 10.1. The Balaban J connectivity index is 1.90. The molecule has 1 atom stereocenters. The summed E-state index contributed by atoms with van der Waals surface area (Å²) in [4.78, 5) is 1.18. The Morgan fingerprint density at radius 3 is 2.52 bits per heavy atom. The fourth-order valence-electron chi connectivity index (χ4n) is 2.01. The molecule has 0 aliphatic heterocycles. The average Bonchev–Trinajstić information content (AvgIpc) is 2.93. The number of nitrogens with zero attached hydrogens (tertiary/aromatic N) is 1. The van der Waals surface area contributed by atoms with Gasteiger partial charge in [-0.1, -0.05) is 12.1 Å². The van der Waals surface area contributed by atoms with Crippen molar-refractivity contribution in [1.29, 1.82) is 5.26 Å². The van der Waals surface area contributed by atoms with Gasteiger partial charge >= 0.3 is 0 Å². The number of hydrogen-bond donors (Lipinski definition) is 1. The van der Waals surface area contributed by atoms with Crippen LogP contribution in [0.1, 0.15) is 42.8 Å². The maximum absolute atomic E-state index is 8.82. The summed E-state index contributed by atoms with van der Waals surface area (Å²) in [7, 11) is 0. The number of benzene rings is 1. The fourth-order valence-corrected chi connectivity index (χ4v) is 2.77. The van der Waals surface area contributed by atoms with Crippen LogP contribution < -0.4 is 10.1 Å². The Labute approximate surface area is 130 Å². The van der Waals surface area contributed by atoms with Crippen molar-refractivity contribution in [3.05, 3.63) is 51.7 Å². The highest BCUT2D eigenvalue weighted by Crippen LogP contribution is 2.20. The molecule has 1 N–H and O–H groups in total. The minimum absolute atomic E-state index is 0.194. The van der Waals surface area contributed by atoms with E-state index >= 15 is 0 Å². The molecule has 2 aromatic rings. The van der Waals surface area contributed by atoms with Gasteiger partial charge in [0.15, 0.2) is 0 Å². The second-order valence-electron chi connectivity index (χ2n) is 5.25. The van der Waals surface area contributed by atoms with Gasteiger partial charge in [0.2, 0.25) is 0 Å². The highest BCUT2D eigenvalue weighted by atomic mass is 32.1. The van der Waals surface area contributed by atoms with Gasteiger partial charge in [-0.25, -0.2) is 0 Å². The molecular formula is C17H20N2OS. The van der Waals surface area contributed by atoms with Gasteiger partial charge < -0.3 is 10.1 Å². The molecule has 0 aliphatic carbocycles. The molecule has 3 nitrogen and oxygen atoms in total. The van der Waals surface area contributed by atoms with E-state index < -0.39 is 0 Å². The van der Waals surface area contributed by atoms with Crippen LogP contribution in [0.2, 0.25) is 0 Å². The summed E-state index contributed by atoms with van der Waals surface area (Å²) in [5.41, 5.74) is 1.96. The number of nitriles is 1. The zero-order chi connectivity index (χ0) is 15.2. The highest BCUT2D eigenvalue weighted by Gasteiger charge is 2.07. The minimum Gasteiger partial charge on any atom is -0.491 e. The normalized spacial score (nSPS) is 12.1. The van der Waals surface area contributed by atoms with Gasteiger partial charge in [-0.2, -0.15) is 5.26 Å². The molecule has 1 aromatic heterocycles. The first-order valence-corrected chi connectivity index (χ1v) is 7.94. The molecule has 110 valence electrons. The van der Waals surface area contributed by atoms with Crippen molar-refractivity contribution in [3.8, 4) is 11.8 Å². The molecule has 0 saturated carbocycles. The molecule has 0 spiro atoms. The fraction of sp³-hybridized carbons (Fsp3) is 0.353. The molecule has 4 heteroatoms. The number of thiophene rings is 1. The van der Waals surface area contributed by atoms with E-state index in [1.807, 2.05) is 37.4 Å². The minimum atomic E-state index is 0.194. The molecule has 0 bridgehead atoms. The van der Waals surface area contributed by atoms with Crippen LogP contribution in [-0.4, -0.2) is 6.10 Å². The average molecular weight is 300 g/mol. The van der Waals surface area contributed by atoms with Gasteiger partial charge in [-0.05, 0) is 44.5 Å². The van der Waals surface area contributed by atoms with Crippen molar-refractivity contribution in [2.24, 2.45) is 0 Å². The van der Waals surface area contributed by atoms with Crippen molar-refractivity contribution >= 4 is 11.3 Å². The van der Waals surface area contributed by atoms with Crippen molar-refractivity contribution < 1.29 is 4.74 Å². The standard InChI is InChI=1S/C17H20N2OS/c1-12(2)20-16-6-4-15(5-7-16)13(3)19-10-17-8-14(9-18)11-21-17/h4-8,11-13,19H,10H2,1-3H3. The summed E-state index contributed by atoms with van der Waals surface area (Å²) in [6.07, 6.45) is 0.194. The predicted octanol–water partition coefficient (Wildman–Crippen LogP) is 4.26. The van der Waals surface area contributed by atoms with E-state index in [-0.39, 0.29) is 12.1 Å². The van der Waals surface area contributed by atoms with Crippen LogP contribution in [0.25, 0.3) is 0 Å². The van der Waals surface area contributed by atoms with E-state index in [0.29, 0.717) is 0 Å². The van der Waals surface area contributed by atoms with Gasteiger partial charge in [0.05, 0.1) is 11.7 Å². The zero-order valence-electron chi connectivity index (χ0n) is 12.6. The van der Waals surface area contributed by atoms with E-state index in [2.05, 4.69) is 30.4 Å². The summed E-state index contributed by atoms with van der Waals surface area (Å²) in [5, 5.41) is 14.2. The number of nitrogens with one attached hydrogen (secondary N) is 1. The second kappa shape index (κ2) is 7.26. The number of rotatable bonds is 6. The lowest BCUT2D eigenvalue weighted by Gasteiger charge is -2.15. The van der Waals surface area contributed by atoms with Crippen LogP contribution >= 0.6 is 11.3 Å². The summed E-state index contributed by atoms with van der Waals surface area (Å²) in [5.74, 6) is 0.901. The summed E-state index contributed by atoms with van der Waals surface area (Å²) >= 11 is 1.62. The van der Waals surface area contributed by atoms with Gasteiger partial charge in [-0.3, -0.25) is 0 Å².